The van der Waals surface area contributed by atoms with Crippen molar-refractivity contribution in [1.82, 2.24) is 10.8 Å². The van der Waals surface area contributed by atoms with Gasteiger partial charge in [-0.1, -0.05) is 0 Å². The van der Waals surface area contributed by atoms with Crippen molar-refractivity contribution in [2.75, 3.05) is 13.2 Å². The van der Waals surface area contributed by atoms with Crippen LogP contribution in [-0.2, 0) is 9.63 Å². The van der Waals surface area contributed by atoms with E-state index in [1.54, 1.807) is 0 Å². The molecule has 0 aliphatic carbocycles. The highest BCUT2D eigenvalue weighted by molar-refractivity contribution is 7.80. The lowest BCUT2D eigenvalue weighted by molar-refractivity contribution is -0.143. The summed E-state index contributed by atoms with van der Waals surface area (Å²) in [6.45, 7) is 2.12. The first kappa shape index (κ1) is 10.1. The number of hydrogen-bond donors (Lipinski definition) is 3. The van der Waals surface area contributed by atoms with E-state index in [0.29, 0.717) is 6.54 Å². The Kier molecular flexibility index (Phi) is 5.40. The van der Waals surface area contributed by atoms with E-state index >= 15 is 0 Å². The summed E-state index contributed by atoms with van der Waals surface area (Å²) >= 11 is 4.67. The largest absolute Gasteiger partial charge is 0.479 e. The van der Waals surface area contributed by atoms with Gasteiger partial charge in [0, 0.05) is 6.54 Å². The molecule has 0 bridgehead atoms. The molecule has 0 radical (unpaired) electrons. The molecule has 5 nitrogen and oxygen atoms in total. The van der Waals surface area contributed by atoms with Crippen LogP contribution in [-0.4, -0.2) is 29.3 Å². The molecule has 0 unspecified atom stereocenters. The number of carboxylic acids is 1. The average Bonchev–Trinajstić information content (AvgIpc) is 1.87. The van der Waals surface area contributed by atoms with E-state index < -0.39 is 12.6 Å². The lowest BCUT2D eigenvalue weighted by Crippen LogP contribution is -2.36. The van der Waals surface area contributed by atoms with Gasteiger partial charge in [-0.2, -0.15) is 0 Å². The monoisotopic (exact) mass is 178 g/mol. The maximum absolute atomic E-state index is 9.91. The second kappa shape index (κ2) is 5.87. The Morgan fingerprint density at radius 3 is 2.82 bits per heavy atom. The molecule has 0 aromatic carbocycles. The smallest absolute Gasteiger partial charge is 0.332 e. The SMILES string of the molecule is CCNC(=S)NOCC(=O)O. The molecule has 0 aromatic heterocycles. The number of hydroxylamine groups is 1. The van der Waals surface area contributed by atoms with E-state index in [9.17, 15) is 4.79 Å². The first-order valence-electron chi connectivity index (χ1n) is 3.04. The van der Waals surface area contributed by atoms with Gasteiger partial charge in [0.25, 0.3) is 0 Å². The van der Waals surface area contributed by atoms with Gasteiger partial charge in [-0.15, -0.1) is 0 Å². The summed E-state index contributed by atoms with van der Waals surface area (Å²) in [6, 6.07) is 0. The number of aliphatic carboxylic acids is 1. The number of nitrogens with one attached hydrogen (secondary N) is 2. The molecule has 0 spiro atoms. The normalized spacial score (nSPS) is 8.82. The number of hydrogen-bond acceptors (Lipinski definition) is 3. The fourth-order valence-corrected chi connectivity index (χ4v) is 0.563. The van der Waals surface area contributed by atoms with Crippen molar-refractivity contribution in [2.24, 2.45) is 0 Å². The second-order valence-electron chi connectivity index (χ2n) is 1.64. The molecule has 0 aliphatic heterocycles. The quantitative estimate of drug-likeness (QED) is 0.398. The van der Waals surface area contributed by atoms with Gasteiger partial charge in [0.2, 0.25) is 0 Å². The van der Waals surface area contributed by atoms with Gasteiger partial charge in [0.15, 0.2) is 11.7 Å². The van der Waals surface area contributed by atoms with E-state index in [2.05, 4.69) is 27.9 Å². The van der Waals surface area contributed by atoms with Crippen LogP contribution in [0.4, 0.5) is 0 Å². The Labute approximate surface area is 69.7 Å². The van der Waals surface area contributed by atoms with Gasteiger partial charge in [0.05, 0.1) is 0 Å². The number of thiocarbonyl (C=S) groups is 1. The molecule has 0 rings (SSSR count). The third-order valence-corrected chi connectivity index (χ3v) is 0.926. The van der Waals surface area contributed by atoms with Crippen LogP contribution in [0.5, 0.6) is 0 Å². The molecule has 6 heteroatoms. The zero-order chi connectivity index (χ0) is 8.69. The molecule has 0 fully saturated rings. The third-order valence-electron chi connectivity index (χ3n) is 0.698. The molecule has 64 valence electrons. The highest BCUT2D eigenvalue weighted by Crippen LogP contribution is 1.70. The van der Waals surface area contributed by atoms with Gasteiger partial charge in [0.1, 0.15) is 0 Å². The zero-order valence-corrected chi connectivity index (χ0v) is 6.90. The standard InChI is InChI=1S/C5H10N2O3S/c1-2-6-5(11)7-10-3-4(8)9/h2-3H2,1H3,(H,8,9)(H2,6,7,11). The molecule has 0 aromatic rings. The van der Waals surface area contributed by atoms with Crippen LogP contribution >= 0.6 is 12.2 Å². The van der Waals surface area contributed by atoms with Crippen molar-refractivity contribution in [3.8, 4) is 0 Å². The molecule has 3 N–H and O–H groups in total. The Hall–Kier alpha value is -0.880. The predicted octanol–water partition coefficient (Wildman–Crippen LogP) is -0.513. The minimum atomic E-state index is -1.04. The van der Waals surface area contributed by atoms with Crippen LogP contribution in [0.15, 0.2) is 0 Å². The van der Waals surface area contributed by atoms with Gasteiger partial charge >= 0.3 is 5.97 Å². The summed E-state index contributed by atoms with van der Waals surface area (Å²) in [6.07, 6.45) is 0. The molecular formula is C5H10N2O3S. The number of carboxylic acid groups (broad SMARTS) is 1. The fourth-order valence-electron chi connectivity index (χ4n) is 0.360. The lowest BCUT2D eigenvalue weighted by atomic mass is 10.7. The van der Waals surface area contributed by atoms with Crippen molar-refractivity contribution in [3.05, 3.63) is 0 Å². The topological polar surface area (TPSA) is 70.6 Å². The summed E-state index contributed by atoms with van der Waals surface area (Å²) in [5.41, 5.74) is 2.25. The lowest BCUT2D eigenvalue weighted by Gasteiger charge is -2.06. The Morgan fingerprint density at radius 1 is 1.73 bits per heavy atom. The summed E-state index contributed by atoms with van der Waals surface area (Å²) in [5, 5.41) is 11.1. The number of carbonyl (C=O) groups is 1. The summed E-state index contributed by atoms with van der Waals surface area (Å²) in [5.74, 6) is -1.04. The number of rotatable bonds is 4. The summed E-state index contributed by atoms with van der Waals surface area (Å²) in [7, 11) is 0. The van der Waals surface area contributed by atoms with Crippen molar-refractivity contribution in [2.45, 2.75) is 6.92 Å². The molecule has 0 atom stereocenters. The Balaban J connectivity index is 3.24. The minimum Gasteiger partial charge on any atom is -0.479 e. The third kappa shape index (κ3) is 7.01. The molecule has 0 aliphatic rings. The molecule has 11 heavy (non-hydrogen) atoms. The van der Waals surface area contributed by atoms with Crippen molar-refractivity contribution < 1.29 is 14.7 Å². The second-order valence-corrected chi connectivity index (χ2v) is 2.05. The van der Waals surface area contributed by atoms with E-state index in [1.807, 2.05) is 6.92 Å². The molecule has 0 saturated heterocycles. The average molecular weight is 178 g/mol. The Morgan fingerprint density at radius 2 is 2.36 bits per heavy atom. The van der Waals surface area contributed by atoms with Crippen molar-refractivity contribution in [3.63, 3.8) is 0 Å². The van der Waals surface area contributed by atoms with Crippen molar-refractivity contribution in [1.29, 1.82) is 0 Å². The van der Waals surface area contributed by atoms with E-state index in [1.165, 1.54) is 0 Å². The Bertz CT molecular complexity index is 151. The van der Waals surface area contributed by atoms with Crippen LogP contribution in [0.1, 0.15) is 6.92 Å². The van der Waals surface area contributed by atoms with Crippen LogP contribution in [0.2, 0.25) is 0 Å². The van der Waals surface area contributed by atoms with Gasteiger partial charge in [-0.05, 0) is 19.1 Å². The van der Waals surface area contributed by atoms with E-state index in [4.69, 9.17) is 5.11 Å². The summed E-state index contributed by atoms with van der Waals surface area (Å²) < 4.78 is 0. The van der Waals surface area contributed by atoms with Gasteiger partial charge < -0.3 is 10.4 Å². The predicted molar refractivity (Wildman–Crippen MR) is 43.0 cm³/mol. The molecular weight excluding hydrogens is 168 g/mol. The first-order valence-corrected chi connectivity index (χ1v) is 3.45. The highest BCUT2D eigenvalue weighted by Gasteiger charge is 1.96. The minimum absolute atomic E-state index is 0.286. The van der Waals surface area contributed by atoms with Gasteiger partial charge in [-0.3, -0.25) is 4.84 Å². The van der Waals surface area contributed by atoms with Crippen LogP contribution < -0.4 is 10.8 Å². The van der Waals surface area contributed by atoms with E-state index in [0.717, 1.165) is 0 Å². The van der Waals surface area contributed by atoms with Crippen molar-refractivity contribution >= 4 is 23.3 Å². The molecule has 0 saturated carbocycles. The highest BCUT2D eigenvalue weighted by atomic mass is 32.1. The maximum Gasteiger partial charge on any atom is 0.332 e. The fraction of sp³-hybridized carbons (Fsp3) is 0.600. The zero-order valence-electron chi connectivity index (χ0n) is 6.09. The van der Waals surface area contributed by atoms with Crippen LogP contribution in [0, 0.1) is 0 Å². The molecule has 0 amide bonds. The summed E-state index contributed by atoms with van der Waals surface area (Å²) in [4.78, 5) is 14.4. The van der Waals surface area contributed by atoms with E-state index in [-0.39, 0.29) is 5.11 Å². The first-order chi connectivity index (χ1) is 5.16. The van der Waals surface area contributed by atoms with Crippen LogP contribution in [0.25, 0.3) is 0 Å². The maximum atomic E-state index is 9.91. The van der Waals surface area contributed by atoms with Gasteiger partial charge in [-0.25, -0.2) is 10.3 Å². The molecule has 0 heterocycles. The van der Waals surface area contributed by atoms with Crippen LogP contribution in [0.3, 0.4) is 0 Å².